The number of fused-ring (bicyclic) bond motifs is 1. The Balaban J connectivity index is 2.22. The Bertz CT molecular complexity index is 769. The minimum absolute atomic E-state index is 0.301. The number of H-pyrrole nitrogens is 1. The summed E-state index contributed by atoms with van der Waals surface area (Å²) >= 11 is 3.40. The predicted molar refractivity (Wildman–Crippen MR) is 74.7 cm³/mol. The van der Waals surface area contributed by atoms with Crippen molar-refractivity contribution in [1.82, 2.24) is 4.98 Å². The Morgan fingerprint density at radius 2 is 1.89 bits per heavy atom. The van der Waals surface area contributed by atoms with E-state index < -0.39 is 0 Å². The third-order valence-electron chi connectivity index (χ3n) is 2.82. The van der Waals surface area contributed by atoms with Crippen LogP contribution in [0, 0.1) is 6.92 Å². The molecular weight excluding hydrogens is 294 g/mol. The average molecular weight is 304 g/mol. The van der Waals surface area contributed by atoms with Crippen LogP contribution in [0.25, 0.3) is 22.2 Å². The van der Waals surface area contributed by atoms with Crippen LogP contribution >= 0.6 is 15.9 Å². The van der Waals surface area contributed by atoms with Crippen molar-refractivity contribution < 1.29 is 4.42 Å². The fourth-order valence-electron chi connectivity index (χ4n) is 1.97. The monoisotopic (exact) mass is 303 g/mol. The van der Waals surface area contributed by atoms with Gasteiger partial charge >= 0.3 is 5.63 Å². The normalized spacial score (nSPS) is 11.0. The molecule has 0 atom stereocenters. The summed E-state index contributed by atoms with van der Waals surface area (Å²) in [7, 11) is 0. The van der Waals surface area contributed by atoms with Gasteiger partial charge in [-0.3, -0.25) is 0 Å². The van der Waals surface area contributed by atoms with Gasteiger partial charge in [0.15, 0.2) is 0 Å². The minimum Gasteiger partial charge on any atom is -0.428 e. The lowest BCUT2D eigenvalue weighted by atomic mass is 10.1. The molecule has 18 heavy (non-hydrogen) atoms. The summed E-state index contributed by atoms with van der Waals surface area (Å²) in [5, 5.41) is 0.582. The molecule has 3 aromatic rings. The second kappa shape index (κ2) is 4.14. The first-order valence-corrected chi connectivity index (χ1v) is 6.32. The van der Waals surface area contributed by atoms with Crippen LogP contribution in [0.15, 0.2) is 50.1 Å². The SMILES string of the molecule is Cc1cc2[nH]c(-c3ccc(Br)cc3)cc2c(=O)o1. The molecular formula is C14H10BrNO2. The van der Waals surface area contributed by atoms with Crippen molar-refractivity contribution in [2.45, 2.75) is 6.92 Å². The van der Waals surface area contributed by atoms with E-state index in [1.807, 2.05) is 36.4 Å². The van der Waals surface area contributed by atoms with Crippen LogP contribution in [0.5, 0.6) is 0 Å². The van der Waals surface area contributed by atoms with Crippen LogP contribution in [-0.2, 0) is 0 Å². The molecule has 0 fully saturated rings. The van der Waals surface area contributed by atoms with E-state index in [1.165, 1.54) is 0 Å². The molecule has 0 unspecified atom stereocenters. The van der Waals surface area contributed by atoms with Gasteiger partial charge in [-0.25, -0.2) is 4.79 Å². The zero-order valence-electron chi connectivity index (χ0n) is 9.66. The number of rotatable bonds is 1. The van der Waals surface area contributed by atoms with E-state index in [2.05, 4.69) is 20.9 Å². The highest BCUT2D eigenvalue weighted by Gasteiger charge is 2.08. The summed E-state index contributed by atoms with van der Waals surface area (Å²) in [5.74, 6) is 0.608. The summed E-state index contributed by atoms with van der Waals surface area (Å²) in [6, 6.07) is 11.6. The highest BCUT2D eigenvalue weighted by Crippen LogP contribution is 2.24. The number of nitrogens with one attached hydrogen (secondary N) is 1. The lowest BCUT2D eigenvalue weighted by Gasteiger charge is -1.97. The maximum absolute atomic E-state index is 11.7. The van der Waals surface area contributed by atoms with E-state index in [9.17, 15) is 4.79 Å². The van der Waals surface area contributed by atoms with Gasteiger partial charge in [0.2, 0.25) is 0 Å². The van der Waals surface area contributed by atoms with Crippen LogP contribution < -0.4 is 5.63 Å². The first kappa shape index (κ1) is 11.3. The van der Waals surface area contributed by atoms with Crippen LogP contribution in [0.2, 0.25) is 0 Å². The highest BCUT2D eigenvalue weighted by atomic mass is 79.9. The van der Waals surface area contributed by atoms with Gasteiger partial charge in [-0.1, -0.05) is 28.1 Å². The first-order valence-electron chi connectivity index (χ1n) is 5.53. The van der Waals surface area contributed by atoms with E-state index >= 15 is 0 Å². The van der Waals surface area contributed by atoms with Gasteiger partial charge in [0.05, 0.1) is 10.9 Å². The number of aryl methyl sites for hydroxylation is 1. The largest absolute Gasteiger partial charge is 0.428 e. The molecule has 0 spiro atoms. The van der Waals surface area contributed by atoms with Crippen molar-refractivity contribution in [2.24, 2.45) is 0 Å². The lowest BCUT2D eigenvalue weighted by molar-refractivity contribution is 0.488. The molecule has 2 aromatic heterocycles. The molecule has 4 heteroatoms. The number of hydrogen-bond donors (Lipinski definition) is 1. The van der Waals surface area contributed by atoms with Crippen molar-refractivity contribution in [3.8, 4) is 11.3 Å². The van der Waals surface area contributed by atoms with Crippen LogP contribution in [0.3, 0.4) is 0 Å². The Hall–Kier alpha value is -1.81. The van der Waals surface area contributed by atoms with Crippen molar-refractivity contribution in [2.75, 3.05) is 0 Å². The smallest absolute Gasteiger partial charge is 0.345 e. The molecule has 2 heterocycles. The summed E-state index contributed by atoms with van der Waals surface area (Å²) in [6.07, 6.45) is 0. The molecule has 0 saturated heterocycles. The van der Waals surface area contributed by atoms with E-state index in [4.69, 9.17) is 4.42 Å². The van der Waals surface area contributed by atoms with Gasteiger partial charge in [0, 0.05) is 16.2 Å². The molecule has 1 aromatic carbocycles. The number of aromatic nitrogens is 1. The molecule has 0 saturated carbocycles. The lowest BCUT2D eigenvalue weighted by Crippen LogP contribution is -1.97. The van der Waals surface area contributed by atoms with E-state index in [1.54, 1.807) is 6.92 Å². The third-order valence-corrected chi connectivity index (χ3v) is 3.35. The molecule has 0 aliphatic heterocycles. The van der Waals surface area contributed by atoms with E-state index in [-0.39, 0.29) is 5.63 Å². The second-order valence-electron chi connectivity index (χ2n) is 4.16. The Morgan fingerprint density at radius 3 is 2.61 bits per heavy atom. The Labute approximate surface area is 112 Å². The minimum atomic E-state index is -0.301. The van der Waals surface area contributed by atoms with Crippen LogP contribution in [-0.4, -0.2) is 4.98 Å². The fraction of sp³-hybridized carbons (Fsp3) is 0.0714. The van der Waals surface area contributed by atoms with Gasteiger partial charge in [-0.15, -0.1) is 0 Å². The highest BCUT2D eigenvalue weighted by molar-refractivity contribution is 9.10. The molecule has 0 aliphatic rings. The maximum atomic E-state index is 11.7. The Morgan fingerprint density at radius 1 is 1.17 bits per heavy atom. The third kappa shape index (κ3) is 1.88. The first-order chi connectivity index (χ1) is 8.63. The van der Waals surface area contributed by atoms with Crippen molar-refractivity contribution in [3.63, 3.8) is 0 Å². The Kier molecular flexibility index (Phi) is 2.59. The average Bonchev–Trinajstić information content (AvgIpc) is 2.74. The molecule has 90 valence electrons. The van der Waals surface area contributed by atoms with Crippen molar-refractivity contribution >= 4 is 26.8 Å². The number of hydrogen-bond acceptors (Lipinski definition) is 2. The molecule has 3 nitrogen and oxygen atoms in total. The molecule has 0 radical (unpaired) electrons. The summed E-state index contributed by atoms with van der Waals surface area (Å²) in [4.78, 5) is 14.9. The van der Waals surface area contributed by atoms with Crippen molar-refractivity contribution in [3.05, 3.63) is 57.1 Å². The maximum Gasteiger partial charge on any atom is 0.345 e. The molecule has 0 bridgehead atoms. The van der Waals surface area contributed by atoms with Crippen LogP contribution in [0.4, 0.5) is 0 Å². The van der Waals surface area contributed by atoms with Gasteiger partial charge in [0.25, 0.3) is 0 Å². The molecule has 0 aliphatic carbocycles. The van der Waals surface area contributed by atoms with E-state index in [0.717, 1.165) is 21.2 Å². The van der Waals surface area contributed by atoms with Gasteiger partial charge in [-0.05, 0) is 30.7 Å². The van der Waals surface area contributed by atoms with Crippen LogP contribution in [0.1, 0.15) is 5.76 Å². The summed E-state index contributed by atoms with van der Waals surface area (Å²) < 4.78 is 6.10. The number of aromatic amines is 1. The standard InChI is InChI=1S/C14H10BrNO2/c1-8-6-13-11(14(17)18-8)7-12(16-13)9-2-4-10(15)5-3-9/h2-7,16H,1H3. The fourth-order valence-corrected chi connectivity index (χ4v) is 2.24. The molecule has 3 rings (SSSR count). The van der Waals surface area contributed by atoms with E-state index in [0.29, 0.717) is 11.1 Å². The summed E-state index contributed by atoms with van der Waals surface area (Å²) in [6.45, 7) is 1.76. The van der Waals surface area contributed by atoms with Crippen molar-refractivity contribution in [1.29, 1.82) is 0 Å². The predicted octanol–water partition coefficient (Wildman–Crippen LogP) is 3.86. The number of benzene rings is 1. The summed E-state index contributed by atoms with van der Waals surface area (Å²) in [5.41, 5.74) is 2.45. The molecule has 1 N–H and O–H groups in total. The zero-order valence-corrected chi connectivity index (χ0v) is 11.2. The van der Waals surface area contributed by atoms with Gasteiger partial charge in [-0.2, -0.15) is 0 Å². The second-order valence-corrected chi connectivity index (χ2v) is 5.08. The van der Waals surface area contributed by atoms with Gasteiger partial charge in [0.1, 0.15) is 5.76 Å². The topological polar surface area (TPSA) is 46.0 Å². The quantitative estimate of drug-likeness (QED) is 0.742. The number of halogens is 1. The molecule has 0 amide bonds. The zero-order chi connectivity index (χ0) is 12.7. The van der Waals surface area contributed by atoms with Gasteiger partial charge < -0.3 is 9.40 Å².